The number of aromatic hydroxyl groups is 2. The van der Waals surface area contributed by atoms with E-state index in [4.69, 9.17) is 5.41 Å². The molecule has 2 aromatic carbocycles. The first-order valence-electron chi connectivity index (χ1n) is 8.28. The number of hydrogen-bond acceptors (Lipinski definition) is 3. The molecule has 0 heterocycles. The summed E-state index contributed by atoms with van der Waals surface area (Å²) < 4.78 is 0. The van der Waals surface area contributed by atoms with Gasteiger partial charge in [0, 0.05) is 28.5 Å². The third kappa shape index (κ3) is 3.45. The molecule has 0 atom stereocenters. The molecule has 2 rings (SSSR count). The molecule has 0 unspecified atom stereocenters. The minimum absolute atomic E-state index is 0.238. The Morgan fingerprint density at radius 2 is 1.62 bits per heavy atom. The zero-order valence-corrected chi connectivity index (χ0v) is 15.2. The number of benzene rings is 2. The molecule has 0 spiro atoms. The third-order valence-electron chi connectivity index (χ3n) is 4.59. The van der Waals surface area contributed by atoms with Gasteiger partial charge in [-0.05, 0) is 38.2 Å². The van der Waals surface area contributed by atoms with Crippen LogP contribution in [0.3, 0.4) is 0 Å². The number of hydrogen-bond donors (Lipinski definition) is 3. The van der Waals surface area contributed by atoms with E-state index in [1.165, 1.54) is 0 Å². The smallest absolute Gasteiger partial charge is 0.127 e. The SMILES string of the molecule is CC(=N)C/C(C)=C/CC(C)(C)c1c(C)c(O)c2ccccc2c1O. The van der Waals surface area contributed by atoms with Crippen LogP contribution in [0.15, 0.2) is 35.9 Å². The number of phenolic OH excluding ortho intramolecular Hbond substituents is 2. The first-order valence-corrected chi connectivity index (χ1v) is 8.28. The van der Waals surface area contributed by atoms with Crippen LogP contribution in [0.4, 0.5) is 0 Å². The molecule has 3 heteroatoms. The van der Waals surface area contributed by atoms with Crippen molar-refractivity contribution in [3.8, 4) is 11.5 Å². The van der Waals surface area contributed by atoms with E-state index in [9.17, 15) is 10.2 Å². The highest BCUT2D eigenvalue weighted by Gasteiger charge is 2.28. The quantitative estimate of drug-likeness (QED) is 0.380. The molecule has 0 aliphatic rings. The fraction of sp³-hybridized carbons (Fsp3) is 0.381. The molecule has 3 nitrogen and oxygen atoms in total. The molecule has 0 aliphatic heterocycles. The number of phenols is 2. The Bertz CT molecular complexity index is 816. The molecule has 2 aromatic rings. The van der Waals surface area contributed by atoms with Gasteiger partial charge in [-0.25, -0.2) is 0 Å². The van der Waals surface area contributed by atoms with Crippen LogP contribution in [0, 0.1) is 12.3 Å². The highest BCUT2D eigenvalue weighted by atomic mass is 16.3. The van der Waals surface area contributed by atoms with Gasteiger partial charge < -0.3 is 15.6 Å². The van der Waals surface area contributed by atoms with Gasteiger partial charge in [-0.3, -0.25) is 0 Å². The van der Waals surface area contributed by atoms with Gasteiger partial charge in [-0.15, -0.1) is 0 Å². The third-order valence-corrected chi connectivity index (χ3v) is 4.59. The summed E-state index contributed by atoms with van der Waals surface area (Å²) in [5.74, 6) is 0.489. The Labute approximate surface area is 144 Å². The van der Waals surface area contributed by atoms with Gasteiger partial charge in [0.25, 0.3) is 0 Å². The molecule has 0 aliphatic carbocycles. The lowest BCUT2D eigenvalue weighted by atomic mass is 9.77. The van der Waals surface area contributed by atoms with Crippen molar-refractivity contribution >= 4 is 16.5 Å². The number of allylic oxidation sites excluding steroid dienone is 2. The van der Waals surface area contributed by atoms with Crippen LogP contribution in [0.2, 0.25) is 0 Å². The van der Waals surface area contributed by atoms with E-state index < -0.39 is 0 Å². The van der Waals surface area contributed by atoms with Crippen molar-refractivity contribution in [3.05, 3.63) is 47.0 Å². The van der Waals surface area contributed by atoms with Gasteiger partial charge >= 0.3 is 0 Å². The van der Waals surface area contributed by atoms with Gasteiger partial charge in [-0.1, -0.05) is 49.8 Å². The van der Waals surface area contributed by atoms with Crippen molar-refractivity contribution in [3.63, 3.8) is 0 Å². The first-order chi connectivity index (χ1) is 11.1. The lowest BCUT2D eigenvalue weighted by Crippen LogP contribution is -2.18. The van der Waals surface area contributed by atoms with Gasteiger partial charge in [-0.2, -0.15) is 0 Å². The highest BCUT2D eigenvalue weighted by Crippen LogP contribution is 2.45. The standard InChI is InChI=1S/C21H27NO2/c1-13(12-14(2)22)10-11-21(4,5)18-15(3)19(23)16-8-6-7-9-17(16)20(18)24/h6-10,22-24H,11-12H2,1-5H3/b13-10+,22-14?. The molecule has 0 bridgehead atoms. The summed E-state index contributed by atoms with van der Waals surface area (Å²) >= 11 is 0. The van der Waals surface area contributed by atoms with Crippen LogP contribution in [0.25, 0.3) is 10.8 Å². The van der Waals surface area contributed by atoms with Gasteiger partial charge in [0.15, 0.2) is 0 Å². The Kier molecular flexibility index (Phi) is 5.02. The van der Waals surface area contributed by atoms with Gasteiger partial charge in [0.05, 0.1) is 0 Å². The number of fused-ring (bicyclic) bond motifs is 1. The van der Waals surface area contributed by atoms with E-state index in [-0.39, 0.29) is 16.9 Å². The molecule has 0 saturated heterocycles. The Hall–Kier alpha value is -2.29. The molecule has 24 heavy (non-hydrogen) atoms. The Morgan fingerprint density at radius 3 is 2.17 bits per heavy atom. The average Bonchev–Trinajstić information content (AvgIpc) is 2.50. The van der Waals surface area contributed by atoms with E-state index in [2.05, 4.69) is 19.9 Å². The van der Waals surface area contributed by atoms with Gasteiger partial charge in [0.1, 0.15) is 11.5 Å². The zero-order chi connectivity index (χ0) is 18.1. The minimum atomic E-state index is -0.327. The Morgan fingerprint density at radius 1 is 1.08 bits per heavy atom. The monoisotopic (exact) mass is 325 g/mol. The molecule has 0 saturated carbocycles. The second-order valence-corrected chi connectivity index (χ2v) is 7.34. The summed E-state index contributed by atoms with van der Waals surface area (Å²) in [5, 5.41) is 30.4. The summed E-state index contributed by atoms with van der Waals surface area (Å²) in [4.78, 5) is 0. The van der Waals surface area contributed by atoms with E-state index >= 15 is 0 Å². The lowest BCUT2D eigenvalue weighted by Gasteiger charge is -2.28. The predicted molar refractivity (Wildman–Crippen MR) is 101 cm³/mol. The topological polar surface area (TPSA) is 64.3 Å². The summed E-state index contributed by atoms with van der Waals surface area (Å²) in [7, 11) is 0. The first kappa shape index (κ1) is 18.1. The van der Waals surface area contributed by atoms with Crippen LogP contribution < -0.4 is 0 Å². The van der Waals surface area contributed by atoms with Crippen molar-refractivity contribution in [1.29, 1.82) is 5.41 Å². The molecule has 0 radical (unpaired) electrons. The molecule has 0 fully saturated rings. The van der Waals surface area contributed by atoms with Crippen LogP contribution >= 0.6 is 0 Å². The number of rotatable bonds is 5. The van der Waals surface area contributed by atoms with Crippen LogP contribution in [0.1, 0.15) is 51.7 Å². The maximum Gasteiger partial charge on any atom is 0.127 e. The molecule has 0 aromatic heterocycles. The largest absolute Gasteiger partial charge is 0.507 e. The van der Waals surface area contributed by atoms with Crippen molar-refractivity contribution in [2.75, 3.05) is 0 Å². The maximum atomic E-state index is 10.8. The molecule has 128 valence electrons. The normalized spacial score (nSPS) is 12.6. The van der Waals surface area contributed by atoms with Crippen molar-refractivity contribution in [2.24, 2.45) is 0 Å². The van der Waals surface area contributed by atoms with Gasteiger partial charge in [0.2, 0.25) is 0 Å². The van der Waals surface area contributed by atoms with Crippen molar-refractivity contribution in [1.82, 2.24) is 0 Å². The minimum Gasteiger partial charge on any atom is -0.507 e. The maximum absolute atomic E-state index is 10.8. The predicted octanol–water partition coefficient (Wildman–Crippen LogP) is 5.60. The van der Waals surface area contributed by atoms with E-state index in [1.807, 2.05) is 38.1 Å². The van der Waals surface area contributed by atoms with E-state index in [0.29, 0.717) is 22.9 Å². The molecule has 3 N–H and O–H groups in total. The molecular weight excluding hydrogens is 298 g/mol. The number of nitrogens with one attached hydrogen (secondary N) is 1. The van der Waals surface area contributed by atoms with Crippen LogP contribution in [0.5, 0.6) is 11.5 Å². The highest BCUT2D eigenvalue weighted by molar-refractivity contribution is 5.95. The lowest BCUT2D eigenvalue weighted by molar-refractivity contribution is 0.429. The van der Waals surface area contributed by atoms with Crippen molar-refractivity contribution in [2.45, 2.75) is 52.9 Å². The Balaban J connectivity index is 2.52. The van der Waals surface area contributed by atoms with E-state index in [1.54, 1.807) is 6.92 Å². The van der Waals surface area contributed by atoms with Crippen LogP contribution in [-0.2, 0) is 5.41 Å². The average molecular weight is 325 g/mol. The summed E-state index contributed by atoms with van der Waals surface area (Å²) in [5.41, 5.74) is 2.98. The summed E-state index contributed by atoms with van der Waals surface area (Å²) in [6.45, 7) is 9.84. The van der Waals surface area contributed by atoms with E-state index in [0.717, 1.165) is 23.1 Å². The van der Waals surface area contributed by atoms with Crippen molar-refractivity contribution < 1.29 is 10.2 Å². The molecule has 0 amide bonds. The fourth-order valence-electron chi connectivity index (χ4n) is 3.38. The second-order valence-electron chi connectivity index (χ2n) is 7.34. The second kappa shape index (κ2) is 6.68. The molecular formula is C21H27NO2. The fourth-order valence-corrected chi connectivity index (χ4v) is 3.38. The van der Waals surface area contributed by atoms with Crippen LogP contribution in [-0.4, -0.2) is 15.9 Å². The summed E-state index contributed by atoms with van der Waals surface area (Å²) in [6.07, 6.45) is 3.53. The summed E-state index contributed by atoms with van der Waals surface area (Å²) in [6, 6.07) is 7.38. The zero-order valence-electron chi connectivity index (χ0n) is 15.2.